The second-order valence-corrected chi connectivity index (χ2v) is 8.92. The lowest BCUT2D eigenvalue weighted by atomic mass is 10.3. The van der Waals surface area contributed by atoms with Gasteiger partial charge < -0.3 is 5.32 Å². The molecule has 0 atom stereocenters. The molecular weight excluding hydrogens is 380 g/mol. The lowest BCUT2D eigenvalue weighted by Gasteiger charge is -2.08. The van der Waals surface area contributed by atoms with Gasteiger partial charge in [0, 0.05) is 6.26 Å². The molecule has 0 spiro atoms. The summed E-state index contributed by atoms with van der Waals surface area (Å²) in [5, 5.41) is 11.9. The Labute approximate surface area is 152 Å². The van der Waals surface area contributed by atoms with Gasteiger partial charge in [-0.25, -0.2) is 13.4 Å². The third kappa shape index (κ3) is 4.47. The highest BCUT2D eigenvalue weighted by molar-refractivity contribution is 7.99. The van der Waals surface area contributed by atoms with E-state index in [2.05, 4.69) is 20.5 Å². The minimum atomic E-state index is -3.42. The first-order chi connectivity index (χ1) is 11.9. The Balaban J connectivity index is 1.63. The van der Waals surface area contributed by atoms with Gasteiger partial charge in [-0.2, -0.15) is 0 Å². The number of carbonyl (C=O) groups is 1. The highest BCUT2D eigenvalue weighted by Crippen LogP contribution is 2.24. The summed E-state index contributed by atoms with van der Waals surface area (Å²) in [4.78, 5) is 17.5. The van der Waals surface area contributed by atoms with E-state index in [9.17, 15) is 13.2 Å². The molecule has 0 saturated heterocycles. The first-order valence-corrected chi connectivity index (χ1v) is 10.9. The van der Waals surface area contributed by atoms with Crippen molar-refractivity contribution in [2.75, 3.05) is 17.3 Å². The van der Waals surface area contributed by atoms with E-state index in [0.29, 0.717) is 11.0 Å². The molecule has 0 aliphatic carbocycles. The van der Waals surface area contributed by atoms with Crippen molar-refractivity contribution in [3.63, 3.8) is 0 Å². The van der Waals surface area contributed by atoms with Crippen molar-refractivity contribution in [1.82, 2.24) is 15.2 Å². The Bertz CT molecular complexity index is 981. The van der Waals surface area contributed by atoms with E-state index in [0.717, 1.165) is 11.1 Å². The SMILES string of the molecule is CS(=O)(=O)c1ccccc1NC(=O)CSc1n[nH]c(-c2cccs2)n1. The molecule has 2 heterocycles. The van der Waals surface area contributed by atoms with Crippen LogP contribution in [-0.4, -0.2) is 41.5 Å². The predicted octanol–water partition coefficient (Wildman–Crippen LogP) is 2.67. The van der Waals surface area contributed by atoms with Gasteiger partial charge in [0.15, 0.2) is 15.7 Å². The summed E-state index contributed by atoms with van der Waals surface area (Å²) in [5.41, 5.74) is 0.268. The van der Waals surface area contributed by atoms with Gasteiger partial charge in [0.1, 0.15) is 0 Å². The number of sulfone groups is 1. The summed E-state index contributed by atoms with van der Waals surface area (Å²) in [5.74, 6) is 0.392. The lowest BCUT2D eigenvalue weighted by Crippen LogP contribution is -2.16. The lowest BCUT2D eigenvalue weighted by molar-refractivity contribution is -0.113. The fourth-order valence-corrected chi connectivity index (χ4v) is 4.15. The quantitative estimate of drug-likeness (QED) is 0.623. The highest BCUT2D eigenvalue weighted by Gasteiger charge is 2.15. The molecule has 0 radical (unpaired) electrons. The van der Waals surface area contributed by atoms with E-state index in [1.165, 1.54) is 17.8 Å². The Morgan fingerprint density at radius 2 is 2.08 bits per heavy atom. The van der Waals surface area contributed by atoms with Crippen LogP contribution < -0.4 is 5.32 Å². The zero-order valence-electron chi connectivity index (χ0n) is 13.1. The maximum Gasteiger partial charge on any atom is 0.234 e. The van der Waals surface area contributed by atoms with Crippen LogP contribution in [0.2, 0.25) is 0 Å². The van der Waals surface area contributed by atoms with E-state index in [4.69, 9.17) is 0 Å². The van der Waals surface area contributed by atoms with Crippen LogP contribution in [0.15, 0.2) is 51.8 Å². The van der Waals surface area contributed by atoms with Crippen LogP contribution in [0.25, 0.3) is 10.7 Å². The average molecular weight is 395 g/mol. The number of rotatable bonds is 6. The van der Waals surface area contributed by atoms with Crippen molar-refractivity contribution >= 4 is 44.5 Å². The van der Waals surface area contributed by atoms with Crippen molar-refractivity contribution in [2.24, 2.45) is 0 Å². The molecule has 25 heavy (non-hydrogen) atoms. The van der Waals surface area contributed by atoms with Crippen LogP contribution in [-0.2, 0) is 14.6 Å². The fourth-order valence-electron chi connectivity index (χ4n) is 2.04. The number of thioether (sulfide) groups is 1. The number of benzene rings is 1. The number of hydrogen-bond donors (Lipinski definition) is 2. The summed E-state index contributed by atoms with van der Waals surface area (Å²) < 4.78 is 23.5. The summed E-state index contributed by atoms with van der Waals surface area (Å²) >= 11 is 2.71. The molecule has 1 amide bonds. The maximum atomic E-state index is 12.1. The number of anilines is 1. The predicted molar refractivity (Wildman–Crippen MR) is 98.6 cm³/mol. The molecule has 130 valence electrons. The molecule has 0 fully saturated rings. The first kappa shape index (κ1) is 17.6. The second kappa shape index (κ2) is 7.38. The van der Waals surface area contributed by atoms with Crippen LogP contribution in [0.4, 0.5) is 5.69 Å². The van der Waals surface area contributed by atoms with E-state index in [-0.39, 0.29) is 22.2 Å². The number of H-pyrrole nitrogens is 1. The number of nitrogens with zero attached hydrogens (tertiary/aromatic N) is 2. The summed E-state index contributed by atoms with van der Waals surface area (Å²) in [6, 6.07) is 10.1. The largest absolute Gasteiger partial charge is 0.324 e. The van der Waals surface area contributed by atoms with E-state index >= 15 is 0 Å². The van der Waals surface area contributed by atoms with Crippen LogP contribution in [0, 0.1) is 0 Å². The van der Waals surface area contributed by atoms with Crippen LogP contribution in [0.5, 0.6) is 0 Å². The van der Waals surface area contributed by atoms with E-state index in [1.54, 1.807) is 29.5 Å². The van der Waals surface area contributed by atoms with E-state index < -0.39 is 9.84 Å². The zero-order valence-corrected chi connectivity index (χ0v) is 15.5. The molecular formula is C15H14N4O3S3. The van der Waals surface area contributed by atoms with Gasteiger partial charge in [-0.1, -0.05) is 30.0 Å². The van der Waals surface area contributed by atoms with Gasteiger partial charge in [0.2, 0.25) is 11.1 Å². The fraction of sp³-hybridized carbons (Fsp3) is 0.133. The molecule has 0 saturated carbocycles. The van der Waals surface area contributed by atoms with Crippen molar-refractivity contribution in [3.8, 4) is 10.7 Å². The highest BCUT2D eigenvalue weighted by atomic mass is 32.2. The minimum absolute atomic E-state index is 0.0693. The number of aromatic nitrogens is 3. The second-order valence-electron chi connectivity index (χ2n) is 5.05. The topological polar surface area (TPSA) is 105 Å². The Morgan fingerprint density at radius 1 is 1.28 bits per heavy atom. The number of nitrogens with one attached hydrogen (secondary N) is 2. The number of thiophene rings is 1. The Hall–Kier alpha value is -2.17. The Morgan fingerprint density at radius 3 is 2.80 bits per heavy atom. The number of carbonyl (C=O) groups excluding carboxylic acids is 1. The molecule has 2 aromatic heterocycles. The number of aromatic amines is 1. The molecule has 7 nitrogen and oxygen atoms in total. The third-order valence-electron chi connectivity index (χ3n) is 3.11. The van der Waals surface area contributed by atoms with Gasteiger partial charge in [-0.05, 0) is 23.6 Å². The standard InChI is InChI=1S/C15H14N4O3S3/c1-25(21,22)12-7-3-2-5-10(12)16-13(20)9-24-15-17-14(18-19-15)11-6-4-8-23-11/h2-8H,9H2,1H3,(H,16,20)(H,17,18,19). The normalized spacial score (nSPS) is 11.4. The monoisotopic (exact) mass is 394 g/mol. The van der Waals surface area contributed by atoms with Crippen LogP contribution in [0.1, 0.15) is 0 Å². The van der Waals surface area contributed by atoms with Gasteiger partial charge in [0.25, 0.3) is 0 Å². The number of hydrogen-bond acceptors (Lipinski definition) is 7. The van der Waals surface area contributed by atoms with Crippen LogP contribution in [0.3, 0.4) is 0 Å². The molecule has 3 aromatic rings. The van der Waals surface area contributed by atoms with Gasteiger partial charge in [-0.15, -0.1) is 16.4 Å². The smallest absolute Gasteiger partial charge is 0.234 e. The molecule has 0 unspecified atom stereocenters. The van der Waals surface area contributed by atoms with Crippen molar-refractivity contribution < 1.29 is 13.2 Å². The van der Waals surface area contributed by atoms with Gasteiger partial charge in [-0.3, -0.25) is 9.89 Å². The molecule has 10 heteroatoms. The van der Waals surface area contributed by atoms with Gasteiger partial charge in [0.05, 0.1) is 21.2 Å². The average Bonchev–Trinajstić information content (AvgIpc) is 3.24. The minimum Gasteiger partial charge on any atom is -0.324 e. The molecule has 1 aromatic carbocycles. The molecule has 0 aliphatic heterocycles. The Kier molecular flexibility index (Phi) is 5.21. The van der Waals surface area contributed by atoms with Crippen LogP contribution >= 0.6 is 23.1 Å². The summed E-state index contributed by atoms with van der Waals surface area (Å²) in [7, 11) is -3.42. The molecule has 0 aliphatic rings. The van der Waals surface area contributed by atoms with Gasteiger partial charge >= 0.3 is 0 Å². The third-order valence-corrected chi connectivity index (χ3v) is 5.99. The van der Waals surface area contributed by atoms with Crippen molar-refractivity contribution in [2.45, 2.75) is 10.1 Å². The molecule has 0 bridgehead atoms. The number of para-hydroxylation sites is 1. The van der Waals surface area contributed by atoms with E-state index in [1.807, 2.05) is 17.5 Å². The number of amides is 1. The first-order valence-electron chi connectivity index (χ1n) is 7.11. The van der Waals surface area contributed by atoms with Crippen molar-refractivity contribution in [1.29, 1.82) is 0 Å². The molecule has 3 rings (SSSR count). The summed E-state index contributed by atoms with van der Waals surface area (Å²) in [6.07, 6.45) is 1.10. The summed E-state index contributed by atoms with van der Waals surface area (Å²) in [6.45, 7) is 0. The maximum absolute atomic E-state index is 12.1. The molecule has 2 N–H and O–H groups in total. The zero-order chi connectivity index (χ0) is 17.9. The van der Waals surface area contributed by atoms with Crippen molar-refractivity contribution in [3.05, 3.63) is 41.8 Å².